The Balaban J connectivity index is 1.83. The van der Waals surface area contributed by atoms with E-state index in [1.54, 1.807) is 4.68 Å². The first kappa shape index (κ1) is 13.4. The van der Waals surface area contributed by atoms with Gasteiger partial charge in [0, 0.05) is 0 Å². The summed E-state index contributed by atoms with van der Waals surface area (Å²) in [5, 5.41) is 24.9. The van der Waals surface area contributed by atoms with Crippen molar-refractivity contribution in [3.8, 4) is 0 Å². The molecular weight excluding hydrogens is 294 g/mol. The monoisotopic (exact) mass is 305 g/mol. The summed E-state index contributed by atoms with van der Waals surface area (Å²) in [5.74, 6) is 5.28. The van der Waals surface area contributed by atoms with Gasteiger partial charge in [-0.1, -0.05) is 29.1 Å². The second-order valence-electron chi connectivity index (χ2n) is 4.19. The number of carbonyl (C=O) groups is 1. The maximum atomic E-state index is 10.6. The van der Waals surface area contributed by atoms with Gasteiger partial charge in [0.1, 0.15) is 12.1 Å². The highest BCUT2D eigenvalue weighted by Crippen LogP contribution is 2.16. The predicted octanol–water partition coefficient (Wildman–Crippen LogP) is -0.0384. The molecule has 0 spiro atoms. The number of thioether (sulfide) groups is 1. The van der Waals surface area contributed by atoms with Crippen LogP contribution in [-0.4, -0.2) is 46.7 Å². The number of carboxylic acid groups (broad SMARTS) is 1. The van der Waals surface area contributed by atoms with Crippen molar-refractivity contribution in [3.05, 3.63) is 30.1 Å². The Labute approximate surface area is 122 Å². The third-order valence-electron chi connectivity index (χ3n) is 2.77. The summed E-state index contributed by atoms with van der Waals surface area (Å²) in [6, 6.07) is 7.53. The average molecular weight is 305 g/mol. The number of fused-ring (bicyclic) bond motifs is 1. The SMILES string of the molecule is Nn1c(Cn2nnc3ccccc32)nnc1SCC(=O)O. The molecule has 0 unspecified atom stereocenters. The van der Waals surface area contributed by atoms with Crippen LogP contribution in [-0.2, 0) is 11.3 Å². The Kier molecular flexibility index (Phi) is 3.44. The molecule has 0 aliphatic heterocycles. The maximum Gasteiger partial charge on any atom is 0.313 e. The lowest BCUT2D eigenvalue weighted by Gasteiger charge is -2.03. The molecule has 0 bridgehead atoms. The standard InChI is InChI=1S/C11H11N7O2S/c12-18-9(14-15-11(18)21-6-10(19)20)5-17-8-4-2-1-3-7(8)13-16-17/h1-4H,5-6,12H2,(H,19,20). The van der Waals surface area contributed by atoms with E-state index in [0.29, 0.717) is 17.5 Å². The molecule has 1 aromatic carbocycles. The first-order chi connectivity index (χ1) is 10.1. The first-order valence-electron chi connectivity index (χ1n) is 5.97. The van der Waals surface area contributed by atoms with Crippen molar-refractivity contribution < 1.29 is 9.90 Å². The summed E-state index contributed by atoms with van der Waals surface area (Å²) in [7, 11) is 0. The molecule has 10 heteroatoms. The van der Waals surface area contributed by atoms with Crippen LogP contribution < -0.4 is 5.84 Å². The molecule has 2 aromatic heterocycles. The molecule has 9 nitrogen and oxygen atoms in total. The topological polar surface area (TPSA) is 125 Å². The highest BCUT2D eigenvalue weighted by molar-refractivity contribution is 7.99. The summed E-state index contributed by atoms with van der Waals surface area (Å²) in [6.07, 6.45) is 0. The van der Waals surface area contributed by atoms with Gasteiger partial charge in [-0.2, -0.15) is 0 Å². The van der Waals surface area contributed by atoms with Gasteiger partial charge in [0.25, 0.3) is 0 Å². The zero-order chi connectivity index (χ0) is 14.8. The molecule has 3 N–H and O–H groups in total. The van der Waals surface area contributed by atoms with E-state index in [2.05, 4.69) is 20.5 Å². The van der Waals surface area contributed by atoms with Gasteiger partial charge in [0.15, 0.2) is 5.82 Å². The number of nitrogens with zero attached hydrogens (tertiary/aromatic N) is 6. The smallest absolute Gasteiger partial charge is 0.313 e. The van der Waals surface area contributed by atoms with E-state index in [4.69, 9.17) is 10.9 Å². The third-order valence-corrected chi connectivity index (χ3v) is 3.70. The molecular formula is C11H11N7O2S. The van der Waals surface area contributed by atoms with E-state index < -0.39 is 5.97 Å². The summed E-state index contributed by atoms with van der Waals surface area (Å²) < 4.78 is 2.93. The van der Waals surface area contributed by atoms with Crippen LogP contribution in [0, 0.1) is 0 Å². The fourth-order valence-corrected chi connectivity index (χ4v) is 2.40. The minimum Gasteiger partial charge on any atom is -0.481 e. The zero-order valence-electron chi connectivity index (χ0n) is 10.7. The van der Waals surface area contributed by atoms with Gasteiger partial charge in [0.05, 0.1) is 11.3 Å². The molecule has 2 heterocycles. The van der Waals surface area contributed by atoms with Crippen molar-refractivity contribution in [1.29, 1.82) is 0 Å². The van der Waals surface area contributed by atoms with Crippen LogP contribution >= 0.6 is 11.8 Å². The van der Waals surface area contributed by atoms with Crippen molar-refractivity contribution in [2.24, 2.45) is 0 Å². The third kappa shape index (κ3) is 2.65. The van der Waals surface area contributed by atoms with Crippen LogP contribution in [0.1, 0.15) is 5.82 Å². The number of carboxylic acids is 1. The molecule has 3 rings (SSSR count). The summed E-state index contributed by atoms with van der Waals surface area (Å²) in [5.41, 5.74) is 1.64. The number of nitrogen functional groups attached to an aromatic ring is 1. The summed E-state index contributed by atoms with van der Waals surface area (Å²) in [4.78, 5) is 10.6. The van der Waals surface area contributed by atoms with Crippen molar-refractivity contribution >= 4 is 28.8 Å². The van der Waals surface area contributed by atoms with E-state index in [1.807, 2.05) is 24.3 Å². The van der Waals surface area contributed by atoms with E-state index in [9.17, 15) is 4.79 Å². The summed E-state index contributed by atoms with van der Waals surface area (Å²) in [6.45, 7) is 0.303. The zero-order valence-corrected chi connectivity index (χ0v) is 11.6. The van der Waals surface area contributed by atoms with Gasteiger partial charge in [-0.25, -0.2) is 9.36 Å². The van der Waals surface area contributed by atoms with E-state index in [1.165, 1.54) is 4.68 Å². The highest BCUT2D eigenvalue weighted by atomic mass is 32.2. The van der Waals surface area contributed by atoms with Crippen molar-refractivity contribution in [2.45, 2.75) is 11.7 Å². The molecule has 0 atom stereocenters. The lowest BCUT2D eigenvalue weighted by atomic mass is 10.3. The number of nitrogens with two attached hydrogens (primary N) is 1. The number of benzene rings is 1. The molecule has 0 radical (unpaired) electrons. The highest BCUT2D eigenvalue weighted by Gasteiger charge is 2.14. The first-order valence-corrected chi connectivity index (χ1v) is 6.96. The molecule has 21 heavy (non-hydrogen) atoms. The molecule has 0 fully saturated rings. The van der Waals surface area contributed by atoms with Gasteiger partial charge in [-0.15, -0.1) is 15.3 Å². The largest absolute Gasteiger partial charge is 0.481 e. The van der Waals surface area contributed by atoms with Crippen molar-refractivity contribution in [1.82, 2.24) is 29.9 Å². The Hall–Kier alpha value is -2.62. The molecule has 108 valence electrons. The number of aromatic nitrogens is 6. The molecule has 0 aliphatic rings. The second kappa shape index (κ2) is 5.40. The van der Waals surface area contributed by atoms with E-state index in [-0.39, 0.29) is 5.75 Å². The fourth-order valence-electron chi connectivity index (χ4n) is 1.81. The normalized spacial score (nSPS) is 11.0. The van der Waals surface area contributed by atoms with E-state index in [0.717, 1.165) is 22.8 Å². The molecule has 3 aromatic rings. The van der Waals surface area contributed by atoms with Crippen molar-refractivity contribution in [2.75, 3.05) is 11.6 Å². The number of para-hydroxylation sites is 1. The van der Waals surface area contributed by atoms with Gasteiger partial charge in [0.2, 0.25) is 5.16 Å². The minimum absolute atomic E-state index is 0.123. The number of rotatable bonds is 5. The quantitative estimate of drug-likeness (QED) is 0.497. The van der Waals surface area contributed by atoms with Crippen LogP contribution in [0.3, 0.4) is 0 Å². The molecule has 0 aliphatic carbocycles. The molecule has 0 amide bonds. The van der Waals surface area contributed by atoms with Crippen LogP contribution in [0.5, 0.6) is 0 Å². The molecule has 0 saturated carbocycles. The van der Waals surface area contributed by atoms with Crippen LogP contribution in [0.15, 0.2) is 29.4 Å². The van der Waals surface area contributed by atoms with Gasteiger partial charge in [-0.3, -0.25) is 4.79 Å². The lowest BCUT2D eigenvalue weighted by Crippen LogP contribution is -2.17. The van der Waals surface area contributed by atoms with E-state index >= 15 is 0 Å². The lowest BCUT2D eigenvalue weighted by molar-refractivity contribution is -0.133. The van der Waals surface area contributed by atoms with Crippen LogP contribution in [0.4, 0.5) is 0 Å². The second-order valence-corrected chi connectivity index (χ2v) is 5.13. The number of hydrogen-bond donors (Lipinski definition) is 2. The summed E-state index contributed by atoms with van der Waals surface area (Å²) >= 11 is 1.01. The van der Waals surface area contributed by atoms with Crippen LogP contribution in [0.2, 0.25) is 0 Å². The number of hydrogen-bond acceptors (Lipinski definition) is 7. The number of aliphatic carboxylic acids is 1. The van der Waals surface area contributed by atoms with Gasteiger partial charge in [-0.05, 0) is 12.1 Å². The van der Waals surface area contributed by atoms with Gasteiger partial charge < -0.3 is 10.9 Å². The molecule has 0 saturated heterocycles. The van der Waals surface area contributed by atoms with Crippen LogP contribution in [0.25, 0.3) is 11.0 Å². The fraction of sp³-hybridized carbons (Fsp3) is 0.182. The predicted molar refractivity (Wildman–Crippen MR) is 75.2 cm³/mol. The Bertz CT molecular complexity index is 797. The Morgan fingerprint density at radius 3 is 2.90 bits per heavy atom. The Morgan fingerprint density at radius 1 is 1.29 bits per heavy atom. The van der Waals surface area contributed by atoms with Crippen molar-refractivity contribution in [3.63, 3.8) is 0 Å². The van der Waals surface area contributed by atoms with Gasteiger partial charge >= 0.3 is 5.97 Å². The maximum absolute atomic E-state index is 10.6. The Morgan fingerprint density at radius 2 is 2.10 bits per heavy atom. The minimum atomic E-state index is -0.938. The average Bonchev–Trinajstić information content (AvgIpc) is 3.03.